The first kappa shape index (κ1) is 16.4. The molecule has 2 saturated heterocycles. The Morgan fingerprint density at radius 2 is 1.29 bits per heavy atom. The molecule has 2 heterocycles. The molecule has 0 amide bonds. The second-order valence-corrected chi connectivity index (χ2v) is 5.91. The number of alkyl halides is 1. The van der Waals surface area contributed by atoms with Crippen LogP contribution in [-0.4, -0.2) is 52.7 Å². The molecule has 2 bridgehead atoms. The molecular formula is C12H15IO8. The van der Waals surface area contributed by atoms with Gasteiger partial charge in [0.05, 0.1) is 0 Å². The van der Waals surface area contributed by atoms with Crippen molar-refractivity contribution < 1.29 is 38.1 Å². The van der Waals surface area contributed by atoms with Crippen LogP contribution in [0.2, 0.25) is 0 Å². The van der Waals surface area contributed by atoms with Crippen LogP contribution < -0.4 is 0 Å². The van der Waals surface area contributed by atoms with Gasteiger partial charge in [0.2, 0.25) is 6.29 Å². The van der Waals surface area contributed by atoms with Crippen LogP contribution in [0.5, 0.6) is 0 Å². The molecule has 0 saturated carbocycles. The quantitative estimate of drug-likeness (QED) is 0.282. The first-order chi connectivity index (χ1) is 9.79. The van der Waals surface area contributed by atoms with Crippen molar-refractivity contribution in [1.82, 2.24) is 0 Å². The minimum Gasteiger partial charge on any atom is -0.455 e. The second-order valence-electron chi connectivity index (χ2n) is 4.68. The van der Waals surface area contributed by atoms with Gasteiger partial charge in [-0.3, -0.25) is 14.4 Å². The van der Waals surface area contributed by atoms with Crippen molar-refractivity contribution in [3.63, 3.8) is 0 Å². The summed E-state index contributed by atoms with van der Waals surface area (Å²) in [5.41, 5.74) is 0. The normalized spacial score (nSPS) is 37.7. The largest absolute Gasteiger partial charge is 0.455 e. The van der Waals surface area contributed by atoms with Crippen LogP contribution >= 0.6 is 22.6 Å². The van der Waals surface area contributed by atoms with Crippen molar-refractivity contribution in [2.45, 2.75) is 55.6 Å². The molecule has 0 aromatic rings. The molecular weight excluding hydrogens is 399 g/mol. The van der Waals surface area contributed by atoms with Crippen LogP contribution in [0, 0.1) is 0 Å². The van der Waals surface area contributed by atoms with Crippen molar-refractivity contribution in [2.24, 2.45) is 0 Å². The minimum atomic E-state index is -0.994. The van der Waals surface area contributed by atoms with E-state index < -0.39 is 52.7 Å². The Labute approximate surface area is 134 Å². The molecule has 0 aliphatic carbocycles. The summed E-state index contributed by atoms with van der Waals surface area (Å²) in [6.07, 6.45) is -4.34. The molecule has 21 heavy (non-hydrogen) atoms. The van der Waals surface area contributed by atoms with Crippen LogP contribution in [0.25, 0.3) is 0 Å². The minimum absolute atomic E-state index is 0.421. The Morgan fingerprint density at radius 1 is 0.810 bits per heavy atom. The number of halogens is 1. The summed E-state index contributed by atoms with van der Waals surface area (Å²) in [6.45, 7) is 3.67. The van der Waals surface area contributed by atoms with E-state index in [0.29, 0.717) is 0 Å². The predicted molar refractivity (Wildman–Crippen MR) is 74.2 cm³/mol. The molecule has 6 atom stereocenters. The molecule has 118 valence electrons. The van der Waals surface area contributed by atoms with E-state index in [1.165, 1.54) is 20.8 Å². The fraction of sp³-hybridized carbons (Fsp3) is 0.750. The molecule has 2 aliphatic rings. The Bertz CT molecular complexity index is 453. The molecule has 0 spiro atoms. The van der Waals surface area contributed by atoms with Crippen LogP contribution in [0.4, 0.5) is 0 Å². The molecule has 0 radical (unpaired) electrons. The number of carbonyl (C=O) groups is 3. The highest BCUT2D eigenvalue weighted by atomic mass is 127. The van der Waals surface area contributed by atoms with Gasteiger partial charge in [-0.15, -0.1) is 0 Å². The summed E-state index contributed by atoms with van der Waals surface area (Å²) in [6, 6.07) is 0. The Balaban J connectivity index is 2.30. The van der Waals surface area contributed by atoms with E-state index in [0.717, 1.165) is 0 Å². The summed E-state index contributed by atoms with van der Waals surface area (Å²) in [5, 5.41) is 0. The zero-order chi connectivity index (χ0) is 15.7. The average Bonchev–Trinajstić information content (AvgIpc) is 2.67. The zero-order valence-corrected chi connectivity index (χ0v) is 13.8. The Hall–Kier alpha value is -0.940. The molecule has 2 rings (SSSR count). The van der Waals surface area contributed by atoms with Gasteiger partial charge in [0, 0.05) is 20.8 Å². The monoisotopic (exact) mass is 414 g/mol. The van der Waals surface area contributed by atoms with E-state index in [4.69, 9.17) is 23.7 Å². The molecule has 0 N–H and O–H groups in total. The SMILES string of the molecule is CC(=O)O[C@@H]1[C@@H](OC(C)=O)[C@@H]2OC(I)[C@@H](O2)[C@H]1OC(C)=O. The number of fused-ring (bicyclic) bond motifs is 2. The fourth-order valence-electron chi connectivity index (χ4n) is 2.33. The fourth-order valence-corrected chi connectivity index (χ4v) is 3.20. The summed E-state index contributed by atoms with van der Waals surface area (Å²) in [5.74, 6) is -1.72. The van der Waals surface area contributed by atoms with E-state index in [2.05, 4.69) is 0 Å². The highest BCUT2D eigenvalue weighted by Crippen LogP contribution is 2.39. The van der Waals surface area contributed by atoms with Crippen molar-refractivity contribution in [3.05, 3.63) is 0 Å². The lowest BCUT2D eigenvalue weighted by Crippen LogP contribution is -2.58. The standard InChI is InChI=1S/C12H15IO8/c1-4(14)17-7-8(18-5(2)15)10(19-6(3)16)12-20-9(7)11(13)21-12/h7-12H,1-3H3/t7-,8-,9-,10+,11?,12-/m0/s1. The van der Waals surface area contributed by atoms with Crippen molar-refractivity contribution in [1.29, 1.82) is 0 Å². The maximum Gasteiger partial charge on any atom is 0.303 e. The van der Waals surface area contributed by atoms with Gasteiger partial charge in [0.15, 0.2) is 18.3 Å². The van der Waals surface area contributed by atoms with E-state index in [1.54, 1.807) is 0 Å². The number of ether oxygens (including phenoxy) is 5. The van der Waals surface area contributed by atoms with Gasteiger partial charge < -0.3 is 23.7 Å². The lowest BCUT2D eigenvalue weighted by molar-refractivity contribution is -0.250. The summed E-state index contributed by atoms with van der Waals surface area (Å²) in [7, 11) is 0. The number of hydrogen-bond donors (Lipinski definition) is 0. The molecule has 0 aromatic carbocycles. The van der Waals surface area contributed by atoms with E-state index in [-0.39, 0.29) is 0 Å². The van der Waals surface area contributed by atoms with Gasteiger partial charge >= 0.3 is 17.9 Å². The summed E-state index contributed by atoms with van der Waals surface area (Å²) < 4.78 is 26.2. The van der Waals surface area contributed by atoms with Gasteiger partial charge in [-0.2, -0.15) is 0 Å². The van der Waals surface area contributed by atoms with Crippen LogP contribution in [-0.2, 0) is 38.1 Å². The lowest BCUT2D eigenvalue weighted by atomic mass is 10.00. The third-order valence-corrected chi connectivity index (χ3v) is 3.96. The van der Waals surface area contributed by atoms with E-state index in [9.17, 15) is 14.4 Å². The van der Waals surface area contributed by atoms with Gasteiger partial charge in [-0.05, 0) is 22.6 Å². The number of rotatable bonds is 3. The first-order valence-corrected chi connectivity index (χ1v) is 7.51. The highest BCUT2D eigenvalue weighted by molar-refractivity contribution is 14.1. The highest BCUT2D eigenvalue weighted by Gasteiger charge is 2.59. The maximum absolute atomic E-state index is 11.3. The van der Waals surface area contributed by atoms with Crippen LogP contribution in [0.15, 0.2) is 0 Å². The molecule has 0 aromatic heterocycles. The van der Waals surface area contributed by atoms with E-state index >= 15 is 0 Å². The van der Waals surface area contributed by atoms with Crippen molar-refractivity contribution >= 4 is 40.5 Å². The van der Waals surface area contributed by atoms with Crippen molar-refractivity contribution in [2.75, 3.05) is 0 Å². The molecule has 2 fully saturated rings. The first-order valence-electron chi connectivity index (χ1n) is 6.26. The van der Waals surface area contributed by atoms with Gasteiger partial charge in [-0.1, -0.05) is 0 Å². The van der Waals surface area contributed by atoms with Crippen LogP contribution in [0.3, 0.4) is 0 Å². The summed E-state index contributed by atoms with van der Waals surface area (Å²) in [4.78, 5) is 33.8. The number of esters is 3. The Kier molecular flexibility index (Phi) is 5.04. The smallest absolute Gasteiger partial charge is 0.303 e. The maximum atomic E-state index is 11.3. The number of hydrogen-bond acceptors (Lipinski definition) is 8. The molecule has 2 aliphatic heterocycles. The second kappa shape index (κ2) is 6.44. The topological polar surface area (TPSA) is 97.4 Å². The third kappa shape index (κ3) is 3.64. The average molecular weight is 414 g/mol. The predicted octanol–water partition coefficient (Wildman–Crippen LogP) is 0.298. The van der Waals surface area contributed by atoms with Gasteiger partial charge in [-0.25, -0.2) is 0 Å². The molecule has 9 heteroatoms. The third-order valence-electron chi connectivity index (χ3n) is 2.96. The molecule has 8 nitrogen and oxygen atoms in total. The Morgan fingerprint density at radius 3 is 1.81 bits per heavy atom. The molecule has 1 unspecified atom stereocenters. The van der Waals surface area contributed by atoms with Crippen LogP contribution in [0.1, 0.15) is 20.8 Å². The summed E-state index contributed by atoms with van der Waals surface area (Å²) >= 11 is 1.98. The van der Waals surface area contributed by atoms with E-state index in [1.807, 2.05) is 22.6 Å². The lowest BCUT2D eigenvalue weighted by Gasteiger charge is -2.38. The number of carbonyl (C=O) groups excluding carboxylic acids is 3. The van der Waals surface area contributed by atoms with Gasteiger partial charge in [0.1, 0.15) is 10.2 Å². The zero-order valence-electron chi connectivity index (χ0n) is 11.6. The van der Waals surface area contributed by atoms with Crippen molar-refractivity contribution in [3.8, 4) is 0 Å². The van der Waals surface area contributed by atoms with Gasteiger partial charge in [0.25, 0.3) is 0 Å².